The predicted octanol–water partition coefficient (Wildman–Crippen LogP) is 8.52. The van der Waals surface area contributed by atoms with E-state index in [9.17, 15) is 4.79 Å². The summed E-state index contributed by atoms with van der Waals surface area (Å²) in [5.41, 5.74) is 1.19. The molecule has 0 aliphatic carbocycles. The Morgan fingerprint density at radius 1 is 0.848 bits per heavy atom. The molecule has 0 amide bonds. The van der Waals surface area contributed by atoms with E-state index in [4.69, 9.17) is 9.16 Å². The molecule has 0 saturated heterocycles. The molecule has 3 nitrogen and oxygen atoms in total. The molecule has 0 bridgehead atoms. The van der Waals surface area contributed by atoms with Gasteiger partial charge in [0.15, 0.2) is 0 Å². The van der Waals surface area contributed by atoms with Crippen molar-refractivity contribution in [2.24, 2.45) is 0 Å². The highest BCUT2D eigenvalue weighted by atomic mass is 28.4. The van der Waals surface area contributed by atoms with Gasteiger partial charge in [-0.25, -0.2) is 0 Å². The molecule has 0 spiro atoms. The number of benzene rings is 1. The molecule has 0 saturated carbocycles. The molecule has 0 aliphatic rings. The van der Waals surface area contributed by atoms with Gasteiger partial charge in [-0.2, -0.15) is 0 Å². The van der Waals surface area contributed by atoms with Gasteiger partial charge in [0.25, 0.3) is 8.32 Å². The second-order valence-electron chi connectivity index (χ2n) is 8.78. The maximum atomic E-state index is 11.5. The predicted molar refractivity (Wildman–Crippen MR) is 143 cm³/mol. The fraction of sp³-hybridized carbons (Fsp3) is 0.621. The summed E-state index contributed by atoms with van der Waals surface area (Å²) in [7, 11) is -1.85. The first-order valence-electron chi connectivity index (χ1n) is 13.1. The van der Waals surface area contributed by atoms with Gasteiger partial charge in [-0.15, -0.1) is 11.8 Å². The van der Waals surface area contributed by atoms with E-state index >= 15 is 0 Å². The van der Waals surface area contributed by atoms with Crippen molar-refractivity contribution in [2.45, 2.75) is 110 Å². The first kappa shape index (κ1) is 29.0. The largest absolute Gasteiger partial charge is 0.546 e. The van der Waals surface area contributed by atoms with E-state index in [-0.39, 0.29) is 5.97 Å². The van der Waals surface area contributed by atoms with Gasteiger partial charge >= 0.3 is 5.97 Å². The number of hydrogen-bond acceptors (Lipinski definition) is 3. The molecular weight excluding hydrogens is 424 g/mol. The summed E-state index contributed by atoms with van der Waals surface area (Å²) in [5, 5.41) is 0. The summed E-state index contributed by atoms with van der Waals surface area (Å²) in [5.74, 6) is 7.31. The fourth-order valence-corrected chi connectivity index (χ4v) is 8.72. The summed E-state index contributed by atoms with van der Waals surface area (Å²) >= 11 is 0. The van der Waals surface area contributed by atoms with E-state index in [0.717, 1.165) is 18.6 Å². The molecule has 184 valence electrons. The number of unbranched alkanes of at least 4 members (excludes halogenated alkanes) is 3. The van der Waals surface area contributed by atoms with E-state index < -0.39 is 8.32 Å². The van der Waals surface area contributed by atoms with Crippen molar-refractivity contribution in [1.29, 1.82) is 0 Å². The molecule has 1 aromatic rings. The number of ether oxygens (including phenoxy) is 1. The lowest BCUT2D eigenvalue weighted by atomic mass is 10.1. The van der Waals surface area contributed by atoms with Crippen molar-refractivity contribution in [3.8, 4) is 11.8 Å². The highest BCUT2D eigenvalue weighted by molar-refractivity contribution is 6.74. The van der Waals surface area contributed by atoms with Crippen LogP contribution in [0.2, 0.25) is 18.1 Å². The van der Waals surface area contributed by atoms with E-state index in [1.807, 2.05) is 6.92 Å². The zero-order valence-corrected chi connectivity index (χ0v) is 22.6. The van der Waals surface area contributed by atoms with Crippen LogP contribution < -0.4 is 0 Å². The second-order valence-corrected chi connectivity index (χ2v) is 12.8. The molecule has 0 atom stereocenters. The van der Waals surface area contributed by atoms with Crippen LogP contribution in [0, 0.1) is 11.8 Å². The van der Waals surface area contributed by atoms with Gasteiger partial charge in [0.05, 0.1) is 18.8 Å². The lowest BCUT2D eigenvalue weighted by molar-refractivity contribution is -0.142. The van der Waals surface area contributed by atoms with Gasteiger partial charge in [0.1, 0.15) is 0 Å². The average Bonchev–Trinajstić information content (AvgIpc) is 2.82. The molecule has 0 fully saturated rings. The van der Waals surface area contributed by atoms with Crippen LogP contribution in [-0.2, 0) is 14.0 Å². The highest BCUT2D eigenvalue weighted by Crippen LogP contribution is 2.33. The third-order valence-electron chi connectivity index (χ3n) is 5.81. The maximum Gasteiger partial charge on any atom is 0.306 e. The summed E-state index contributed by atoms with van der Waals surface area (Å²) in [6.45, 7) is 9.11. The molecule has 0 aliphatic heterocycles. The molecular formula is C29H46O3Si. The van der Waals surface area contributed by atoms with Gasteiger partial charge in [-0.1, -0.05) is 89.6 Å². The van der Waals surface area contributed by atoms with Crippen molar-refractivity contribution >= 4 is 20.4 Å². The average molecular weight is 471 g/mol. The monoisotopic (exact) mass is 470 g/mol. The van der Waals surface area contributed by atoms with Crippen LogP contribution in [0.15, 0.2) is 36.1 Å². The Bertz CT molecular complexity index is 708. The van der Waals surface area contributed by atoms with E-state index in [2.05, 4.69) is 69.0 Å². The molecule has 0 unspecified atom stereocenters. The normalized spacial score (nSPS) is 11.6. The highest BCUT2D eigenvalue weighted by Gasteiger charge is 2.35. The molecule has 1 aromatic carbocycles. The third kappa shape index (κ3) is 13.3. The van der Waals surface area contributed by atoms with Crippen molar-refractivity contribution < 1.29 is 14.0 Å². The van der Waals surface area contributed by atoms with Crippen LogP contribution in [0.1, 0.15) is 97.5 Å². The van der Waals surface area contributed by atoms with Crippen LogP contribution in [-0.4, -0.2) is 20.9 Å². The van der Waals surface area contributed by atoms with Crippen molar-refractivity contribution in [2.75, 3.05) is 6.61 Å². The Morgan fingerprint density at radius 2 is 1.39 bits per heavy atom. The van der Waals surface area contributed by atoms with Crippen LogP contribution in [0.5, 0.6) is 0 Å². The third-order valence-corrected chi connectivity index (χ3v) is 10.3. The van der Waals surface area contributed by atoms with Crippen molar-refractivity contribution in [1.82, 2.24) is 0 Å². The van der Waals surface area contributed by atoms with Gasteiger partial charge in [-0.05, 0) is 36.7 Å². The van der Waals surface area contributed by atoms with Crippen LogP contribution in [0.4, 0.5) is 0 Å². The number of esters is 1. The number of allylic oxidation sites excluding steroid dienone is 1. The van der Waals surface area contributed by atoms with Gasteiger partial charge in [0.2, 0.25) is 0 Å². The minimum atomic E-state index is -1.85. The molecule has 1 rings (SSSR count). The zero-order chi connectivity index (χ0) is 24.2. The van der Waals surface area contributed by atoms with Gasteiger partial charge in [-0.3, -0.25) is 4.79 Å². The fourth-order valence-electron chi connectivity index (χ4n) is 3.95. The Balaban J connectivity index is 2.98. The smallest absolute Gasteiger partial charge is 0.306 e. The van der Waals surface area contributed by atoms with E-state index in [1.54, 1.807) is 0 Å². The standard InChI is InChI=1S/C29H46O3Si/c1-5-9-23-33(24-10-6-2,25-11-7-3)32-28(26-27-19-15-14-16-20-27)21-17-12-13-18-22-29(30)31-8-4/h14-16,19-20,26H,5-11,17-18,21-25H2,1-4H3/b28-26-. The Kier molecular flexibility index (Phi) is 16.2. The minimum Gasteiger partial charge on any atom is -0.546 e. The van der Waals surface area contributed by atoms with Crippen LogP contribution in [0.25, 0.3) is 6.08 Å². The molecule has 0 radical (unpaired) electrons. The molecule has 0 N–H and O–H groups in total. The van der Waals surface area contributed by atoms with Crippen LogP contribution in [0.3, 0.4) is 0 Å². The Hall–Kier alpha value is -1.99. The first-order valence-corrected chi connectivity index (χ1v) is 15.7. The summed E-state index contributed by atoms with van der Waals surface area (Å²) in [4.78, 5) is 11.5. The number of carbonyl (C=O) groups excluding carboxylic acids is 1. The molecule has 33 heavy (non-hydrogen) atoms. The Labute approximate surface area is 204 Å². The maximum absolute atomic E-state index is 11.5. The first-order chi connectivity index (χ1) is 16.1. The topological polar surface area (TPSA) is 35.5 Å². The summed E-state index contributed by atoms with van der Waals surface area (Å²) < 4.78 is 12.1. The van der Waals surface area contributed by atoms with E-state index in [0.29, 0.717) is 19.4 Å². The quantitative estimate of drug-likeness (QED) is 0.0990. The van der Waals surface area contributed by atoms with Crippen molar-refractivity contribution in [3.63, 3.8) is 0 Å². The summed E-state index contributed by atoms with van der Waals surface area (Å²) in [6, 6.07) is 14.2. The zero-order valence-electron chi connectivity index (χ0n) is 21.6. The second kappa shape index (κ2) is 18.4. The minimum absolute atomic E-state index is 0.168. The number of carbonyl (C=O) groups is 1. The summed E-state index contributed by atoms with van der Waals surface area (Å²) in [6.07, 6.45) is 12.2. The molecule has 0 heterocycles. The molecule has 4 heteroatoms. The lowest BCUT2D eigenvalue weighted by Gasteiger charge is -2.34. The van der Waals surface area contributed by atoms with E-state index in [1.165, 1.54) is 62.2 Å². The Morgan fingerprint density at radius 3 is 1.91 bits per heavy atom. The SMILES string of the molecule is CCCC[Si](CCCC)(CCCC)O/C(=C\c1ccccc1)CCC#CCCC(=O)OCC. The van der Waals surface area contributed by atoms with Crippen LogP contribution >= 0.6 is 0 Å². The van der Waals surface area contributed by atoms with Gasteiger partial charge < -0.3 is 9.16 Å². The van der Waals surface area contributed by atoms with Gasteiger partial charge in [0, 0.05) is 19.3 Å². The number of hydrogen-bond donors (Lipinski definition) is 0. The lowest BCUT2D eigenvalue weighted by Crippen LogP contribution is -2.38. The molecule has 0 aromatic heterocycles. The van der Waals surface area contributed by atoms with Crippen molar-refractivity contribution in [3.05, 3.63) is 41.7 Å². The number of rotatable bonds is 17.